The molecule has 3 aromatic heterocycles. The molecule has 0 radical (unpaired) electrons. The van der Waals surface area contributed by atoms with Gasteiger partial charge in [0.25, 0.3) is 5.91 Å². The molecular formula is C26H25N7O3. The van der Waals surface area contributed by atoms with Crippen LogP contribution in [0.2, 0.25) is 0 Å². The van der Waals surface area contributed by atoms with Crippen LogP contribution in [0, 0.1) is 17.2 Å². The molecule has 10 heteroatoms. The number of primary amides is 1. The quantitative estimate of drug-likeness (QED) is 0.410. The smallest absolute Gasteiger partial charge is 0.405 e. The van der Waals surface area contributed by atoms with Crippen LogP contribution in [0.5, 0.6) is 0 Å². The molecule has 1 amide bonds. The summed E-state index contributed by atoms with van der Waals surface area (Å²) in [6, 6.07) is 12.7. The zero-order valence-corrected chi connectivity index (χ0v) is 19.5. The second-order valence-corrected chi connectivity index (χ2v) is 8.89. The summed E-state index contributed by atoms with van der Waals surface area (Å²) in [5, 5.41) is 14.6. The van der Waals surface area contributed by atoms with Crippen LogP contribution in [0.4, 0.5) is 4.79 Å². The highest BCUT2D eigenvalue weighted by Gasteiger charge is 2.29. The van der Waals surface area contributed by atoms with Gasteiger partial charge in [0.15, 0.2) is 5.65 Å². The minimum absolute atomic E-state index is 0.0207. The van der Waals surface area contributed by atoms with Crippen LogP contribution in [-0.2, 0) is 4.74 Å². The topological polar surface area (TPSA) is 142 Å². The summed E-state index contributed by atoms with van der Waals surface area (Å²) < 4.78 is 8.38. The molecule has 3 heterocycles. The molecule has 10 nitrogen and oxygen atoms in total. The first-order valence-electron chi connectivity index (χ1n) is 11.9. The molecule has 4 aromatic rings. The van der Waals surface area contributed by atoms with E-state index in [1.165, 1.54) is 23.7 Å². The molecule has 1 fully saturated rings. The fourth-order valence-corrected chi connectivity index (χ4v) is 5.04. The van der Waals surface area contributed by atoms with E-state index in [0.29, 0.717) is 34.6 Å². The van der Waals surface area contributed by atoms with Gasteiger partial charge in [0.2, 0.25) is 6.10 Å². The molecule has 0 spiro atoms. The predicted molar refractivity (Wildman–Crippen MR) is 130 cm³/mol. The first-order valence-corrected chi connectivity index (χ1v) is 11.9. The monoisotopic (exact) mass is 483 g/mol. The van der Waals surface area contributed by atoms with Gasteiger partial charge in [-0.1, -0.05) is 43.2 Å². The van der Waals surface area contributed by atoms with Crippen molar-refractivity contribution in [3.8, 4) is 17.3 Å². The normalized spacial score (nSPS) is 15.4. The van der Waals surface area contributed by atoms with Crippen molar-refractivity contribution < 1.29 is 14.3 Å². The maximum Gasteiger partial charge on any atom is 0.405 e. The minimum atomic E-state index is -1.22. The minimum Gasteiger partial charge on any atom is -0.431 e. The number of carbonyl (C=O) groups excluding carboxylic acids is 2. The Hall–Kier alpha value is -4.52. The van der Waals surface area contributed by atoms with Gasteiger partial charge in [0, 0.05) is 28.9 Å². The lowest BCUT2D eigenvalue weighted by Gasteiger charge is -2.21. The van der Waals surface area contributed by atoms with Gasteiger partial charge in [0.05, 0.1) is 30.4 Å². The molecule has 2 N–H and O–H groups in total. The number of rotatable bonds is 7. The molecule has 1 aliphatic carbocycles. The number of nitrogens with two attached hydrogens (primary N) is 1. The molecule has 1 aliphatic rings. The van der Waals surface area contributed by atoms with Crippen LogP contribution in [0.3, 0.4) is 0 Å². The first kappa shape index (κ1) is 23.2. The summed E-state index contributed by atoms with van der Waals surface area (Å²) in [4.78, 5) is 33.8. The molecular weight excluding hydrogens is 458 g/mol. The summed E-state index contributed by atoms with van der Waals surface area (Å²) in [5.74, 6) is -0.0765. The largest absolute Gasteiger partial charge is 0.431 e. The van der Waals surface area contributed by atoms with Crippen molar-refractivity contribution in [1.82, 2.24) is 24.3 Å². The number of nitrogens with zero attached hydrogens (tertiary/aromatic N) is 6. The molecule has 1 aromatic carbocycles. The fraction of sp³-hybridized carbons (Fsp3) is 0.308. The van der Waals surface area contributed by atoms with Gasteiger partial charge in [-0.25, -0.2) is 14.8 Å². The zero-order valence-electron chi connectivity index (χ0n) is 19.5. The Balaban J connectivity index is 1.50. The highest BCUT2D eigenvalue weighted by Crippen LogP contribution is 2.37. The van der Waals surface area contributed by atoms with Gasteiger partial charge in [0.1, 0.15) is 6.33 Å². The molecule has 0 aliphatic heterocycles. The van der Waals surface area contributed by atoms with E-state index in [4.69, 9.17) is 10.5 Å². The van der Waals surface area contributed by atoms with Gasteiger partial charge in [-0.3, -0.25) is 14.0 Å². The second-order valence-electron chi connectivity index (χ2n) is 8.89. The maximum absolute atomic E-state index is 13.4. The van der Waals surface area contributed by atoms with E-state index < -0.39 is 18.1 Å². The van der Waals surface area contributed by atoms with Crippen LogP contribution < -0.4 is 5.73 Å². The summed E-state index contributed by atoms with van der Waals surface area (Å²) in [6.45, 7) is 0. The Labute approximate surface area is 207 Å². The van der Waals surface area contributed by atoms with Crippen molar-refractivity contribution in [2.45, 2.75) is 44.2 Å². The average Bonchev–Trinajstić information content (AvgIpc) is 3.66. The van der Waals surface area contributed by atoms with Gasteiger partial charge in [-0.15, -0.1) is 0 Å². The average molecular weight is 484 g/mol. The zero-order chi connectivity index (χ0) is 25.1. The highest BCUT2D eigenvalue weighted by molar-refractivity contribution is 5.98. The summed E-state index contributed by atoms with van der Waals surface area (Å²) in [7, 11) is 0. The molecule has 36 heavy (non-hydrogen) atoms. The third kappa shape index (κ3) is 4.43. The van der Waals surface area contributed by atoms with Crippen molar-refractivity contribution in [3.05, 3.63) is 66.9 Å². The standard InChI is InChI=1S/C26H25N7O3/c27-12-10-21(17-6-4-5-7-17)33-15-19(14-31-33)22-20-11-13-32(24(20)30-16-29-22)25(34)23(36-26(28)35)18-8-2-1-3-9-18/h1-3,8-9,11,13-17,21,23H,4-7,10H2,(H2,28,35). The molecule has 0 bridgehead atoms. The number of hydrogen-bond acceptors (Lipinski definition) is 7. The highest BCUT2D eigenvalue weighted by atomic mass is 16.6. The Kier molecular flexibility index (Phi) is 6.45. The number of benzene rings is 1. The van der Waals surface area contributed by atoms with E-state index in [1.807, 2.05) is 10.9 Å². The second kappa shape index (κ2) is 10.00. The summed E-state index contributed by atoms with van der Waals surface area (Å²) in [5.41, 5.74) is 7.50. The molecule has 182 valence electrons. The van der Waals surface area contributed by atoms with E-state index >= 15 is 0 Å². The molecule has 1 saturated carbocycles. The fourth-order valence-electron chi connectivity index (χ4n) is 5.04. The lowest BCUT2D eigenvalue weighted by molar-refractivity contribution is 0.0574. The molecule has 5 rings (SSSR count). The Morgan fingerprint density at radius 2 is 1.94 bits per heavy atom. The number of fused-ring (bicyclic) bond motifs is 1. The van der Waals surface area contributed by atoms with E-state index in [9.17, 15) is 14.9 Å². The van der Waals surface area contributed by atoms with Crippen LogP contribution in [0.25, 0.3) is 22.3 Å². The van der Waals surface area contributed by atoms with E-state index in [0.717, 1.165) is 18.4 Å². The van der Waals surface area contributed by atoms with E-state index in [1.54, 1.807) is 48.8 Å². The summed E-state index contributed by atoms with van der Waals surface area (Å²) in [6.07, 6.45) is 9.27. The molecule has 0 saturated heterocycles. The van der Waals surface area contributed by atoms with Gasteiger partial charge < -0.3 is 10.5 Å². The SMILES string of the molecule is N#CCC(C1CCCC1)n1cc(-c2ncnc3c2ccn3C(=O)C(OC(N)=O)c2ccccc2)cn1. The van der Waals surface area contributed by atoms with Crippen LogP contribution in [0.15, 0.2) is 61.3 Å². The lowest BCUT2D eigenvalue weighted by Crippen LogP contribution is -2.27. The van der Waals surface area contributed by atoms with Crippen LogP contribution in [0.1, 0.15) is 54.6 Å². The number of carbonyl (C=O) groups is 2. The number of ether oxygens (including phenoxy) is 1. The maximum atomic E-state index is 13.4. The van der Waals surface area contributed by atoms with Gasteiger partial charge in [-0.2, -0.15) is 10.4 Å². The van der Waals surface area contributed by atoms with E-state index in [-0.39, 0.29) is 6.04 Å². The number of aromatic nitrogens is 5. The van der Waals surface area contributed by atoms with Crippen molar-refractivity contribution in [2.75, 3.05) is 0 Å². The first-order chi connectivity index (χ1) is 17.6. The third-order valence-electron chi connectivity index (χ3n) is 6.74. The molecule has 2 atom stereocenters. The summed E-state index contributed by atoms with van der Waals surface area (Å²) >= 11 is 0. The molecule has 2 unspecified atom stereocenters. The Morgan fingerprint density at radius 3 is 2.67 bits per heavy atom. The van der Waals surface area contributed by atoms with Crippen molar-refractivity contribution >= 4 is 23.0 Å². The lowest BCUT2D eigenvalue weighted by atomic mass is 9.96. The van der Waals surface area contributed by atoms with Crippen molar-refractivity contribution in [1.29, 1.82) is 5.26 Å². The Bertz CT molecular complexity index is 1430. The van der Waals surface area contributed by atoms with Crippen molar-refractivity contribution in [3.63, 3.8) is 0 Å². The van der Waals surface area contributed by atoms with Crippen LogP contribution in [-0.4, -0.2) is 36.3 Å². The number of nitriles is 1. The van der Waals surface area contributed by atoms with Crippen molar-refractivity contribution in [2.24, 2.45) is 11.7 Å². The third-order valence-corrected chi connectivity index (χ3v) is 6.74. The Morgan fingerprint density at radius 1 is 1.17 bits per heavy atom. The van der Waals surface area contributed by atoms with Crippen LogP contribution >= 0.6 is 0 Å². The van der Waals surface area contributed by atoms with Gasteiger partial charge in [-0.05, 0) is 24.8 Å². The number of hydrogen-bond donors (Lipinski definition) is 1. The predicted octanol–water partition coefficient (Wildman–Crippen LogP) is 4.42. The van der Waals surface area contributed by atoms with Gasteiger partial charge >= 0.3 is 6.09 Å². The van der Waals surface area contributed by atoms with E-state index in [2.05, 4.69) is 21.1 Å². The number of amides is 1.